The average molecular weight is 1300 g/mol. The molecular formula is C82H134N4O8. The summed E-state index contributed by atoms with van der Waals surface area (Å²) in [6.45, 7) is 16.6. The maximum absolute atomic E-state index is 10.9. The van der Waals surface area contributed by atoms with E-state index in [1.54, 1.807) is 24.6 Å². The number of rotatable bonds is 65. The highest BCUT2D eigenvalue weighted by molar-refractivity contribution is 5.84. The standard InChI is InChI=1S/C82H134N4O8/c1-5-9-13-17-21-25-29-33-37-41-55-89-77-59-71(60-78(63-77)90-56-42-38-34-30-26-22-18-14-10-6-2)69-93-75-47-45-73(81(87)65-75)67-85-53-51-83-49-50-84-52-54-86-68-74-46-48-76(66-82(74)88)94-70-72-61-79(91-57-43-39-35-31-27-23-19-15-11-7-3)64-80(62-72)92-58-44-40-36-32-28-24-20-16-12-8-4/h45-48,59-68,83-84,87-88H,5-44,49-58,69-70H2,1-4H3. The summed E-state index contributed by atoms with van der Waals surface area (Å²) < 4.78 is 37.6. The normalized spacial score (nSPS) is 11.6. The second-order valence-electron chi connectivity index (χ2n) is 26.3. The molecule has 0 aliphatic rings. The highest BCUT2D eigenvalue weighted by atomic mass is 16.5. The molecule has 0 aliphatic heterocycles. The zero-order valence-electron chi connectivity index (χ0n) is 60.1. The van der Waals surface area contributed by atoms with Gasteiger partial charge in [0.15, 0.2) is 0 Å². The Morgan fingerprint density at radius 2 is 0.543 bits per heavy atom. The van der Waals surface area contributed by atoms with E-state index < -0.39 is 0 Å². The summed E-state index contributed by atoms with van der Waals surface area (Å²) in [4.78, 5) is 9.11. The summed E-state index contributed by atoms with van der Waals surface area (Å²) in [7, 11) is 0. The molecule has 12 heteroatoms. The van der Waals surface area contributed by atoms with Crippen molar-refractivity contribution in [1.82, 2.24) is 10.6 Å². The van der Waals surface area contributed by atoms with Crippen LogP contribution in [0.15, 0.2) is 82.8 Å². The number of aromatic hydroxyl groups is 2. The molecule has 0 amide bonds. The van der Waals surface area contributed by atoms with Crippen LogP contribution in [0, 0.1) is 0 Å². The topological polar surface area (TPSA) is 145 Å². The fourth-order valence-corrected chi connectivity index (χ4v) is 11.7. The van der Waals surface area contributed by atoms with Gasteiger partial charge in [-0.2, -0.15) is 0 Å². The molecule has 0 aromatic heterocycles. The first kappa shape index (κ1) is 81.0. The Hall–Kier alpha value is -5.46. The van der Waals surface area contributed by atoms with Gasteiger partial charge in [0.1, 0.15) is 59.2 Å². The molecule has 0 bridgehead atoms. The highest BCUT2D eigenvalue weighted by Crippen LogP contribution is 2.30. The van der Waals surface area contributed by atoms with Crippen molar-refractivity contribution in [2.45, 2.75) is 298 Å². The quantitative estimate of drug-likeness (QED) is 0.0249. The SMILES string of the molecule is CCCCCCCCCCCCOc1cc(COc2ccc(C=NCCNCCNCCN=Cc3ccc(OCc4cc(OCCCCCCCCCCCC)cc(OCCCCCCCCCCCC)c4)cc3O)c(O)c2)cc(OCCCCCCCCCCCC)c1. The van der Waals surface area contributed by atoms with E-state index in [0.29, 0.717) is 88.4 Å². The lowest BCUT2D eigenvalue weighted by Crippen LogP contribution is -2.30. The van der Waals surface area contributed by atoms with Crippen LogP contribution in [-0.4, -0.2) is 88.3 Å². The van der Waals surface area contributed by atoms with Crippen molar-refractivity contribution in [3.8, 4) is 46.0 Å². The summed E-state index contributed by atoms with van der Waals surface area (Å²) in [5.41, 5.74) is 3.22. The lowest BCUT2D eigenvalue weighted by Gasteiger charge is -2.14. The van der Waals surface area contributed by atoms with E-state index in [2.05, 4.69) is 72.6 Å². The zero-order valence-corrected chi connectivity index (χ0v) is 60.1. The molecule has 4 N–H and O–H groups in total. The number of hydrogen-bond donors (Lipinski definition) is 4. The van der Waals surface area contributed by atoms with Gasteiger partial charge in [-0.1, -0.05) is 259 Å². The molecule has 0 radical (unpaired) electrons. The first-order valence-corrected chi connectivity index (χ1v) is 38.5. The summed E-state index contributed by atoms with van der Waals surface area (Å²) in [6, 6.07) is 23.0. The number of benzene rings is 4. The maximum Gasteiger partial charge on any atom is 0.128 e. The second kappa shape index (κ2) is 57.8. The largest absolute Gasteiger partial charge is 0.507 e. The monoisotopic (exact) mass is 1300 g/mol. The van der Waals surface area contributed by atoms with Crippen LogP contribution in [0.3, 0.4) is 0 Å². The number of nitrogens with one attached hydrogen (secondary N) is 2. The molecule has 4 aromatic rings. The summed E-state index contributed by atoms with van der Waals surface area (Å²) in [5.74, 6) is 4.66. The smallest absolute Gasteiger partial charge is 0.128 e. The first-order valence-electron chi connectivity index (χ1n) is 38.5. The van der Waals surface area contributed by atoms with E-state index in [4.69, 9.17) is 28.4 Å². The molecule has 0 saturated carbocycles. The molecule has 12 nitrogen and oxygen atoms in total. The number of unbranched alkanes of at least 4 members (excludes halogenated alkanes) is 36. The van der Waals surface area contributed by atoms with Gasteiger partial charge in [-0.15, -0.1) is 0 Å². The van der Waals surface area contributed by atoms with Crippen molar-refractivity contribution in [2.75, 3.05) is 65.7 Å². The molecule has 94 heavy (non-hydrogen) atoms. The molecule has 0 fully saturated rings. The van der Waals surface area contributed by atoms with Crippen LogP contribution < -0.4 is 39.1 Å². The van der Waals surface area contributed by atoms with Crippen molar-refractivity contribution in [3.63, 3.8) is 0 Å². The summed E-state index contributed by atoms with van der Waals surface area (Å²) >= 11 is 0. The highest BCUT2D eigenvalue weighted by Gasteiger charge is 2.11. The molecule has 530 valence electrons. The van der Waals surface area contributed by atoms with Crippen molar-refractivity contribution >= 4 is 12.4 Å². The fourth-order valence-electron chi connectivity index (χ4n) is 11.7. The van der Waals surface area contributed by atoms with Gasteiger partial charge in [0.2, 0.25) is 0 Å². The third kappa shape index (κ3) is 42.9. The Morgan fingerprint density at radius 1 is 0.287 bits per heavy atom. The molecule has 4 aromatic carbocycles. The number of phenolic OH excluding ortho intramolecular Hbond substituents is 2. The van der Waals surface area contributed by atoms with Gasteiger partial charge in [-0.25, -0.2) is 0 Å². The predicted molar refractivity (Wildman–Crippen MR) is 398 cm³/mol. The predicted octanol–water partition coefficient (Wildman–Crippen LogP) is 22.2. The molecule has 0 spiro atoms. The van der Waals surface area contributed by atoms with Crippen LogP contribution in [0.1, 0.15) is 307 Å². The Balaban J connectivity index is 1.12. The van der Waals surface area contributed by atoms with Crippen LogP contribution in [0.2, 0.25) is 0 Å². The molecule has 0 saturated heterocycles. The van der Waals surface area contributed by atoms with Crippen molar-refractivity contribution in [1.29, 1.82) is 0 Å². The molecule has 0 unspecified atom stereocenters. The van der Waals surface area contributed by atoms with Crippen molar-refractivity contribution in [3.05, 3.63) is 95.1 Å². The number of nitrogens with zero attached hydrogens (tertiary/aromatic N) is 2. The van der Waals surface area contributed by atoms with Gasteiger partial charge < -0.3 is 49.3 Å². The van der Waals surface area contributed by atoms with Crippen molar-refractivity contribution in [2.24, 2.45) is 9.98 Å². The van der Waals surface area contributed by atoms with E-state index in [9.17, 15) is 10.2 Å². The Morgan fingerprint density at radius 3 is 0.798 bits per heavy atom. The minimum absolute atomic E-state index is 0.124. The number of phenols is 2. The summed E-state index contributed by atoms with van der Waals surface area (Å²) in [6.07, 6.45) is 55.1. The van der Waals surface area contributed by atoms with Gasteiger partial charge >= 0.3 is 0 Å². The van der Waals surface area contributed by atoms with Gasteiger partial charge in [0, 0.05) is 74.0 Å². The average Bonchev–Trinajstić information content (AvgIpc) is 1.32. The van der Waals surface area contributed by atoms with E-state index in [0.717, 1.165) is 72.9 Å². The minimum Gasteiger partial charge on any atom is -0.507 e. The van der Waals surface area contributed by atoms with Crippen LogP contribution in [-0.2, 0) is 13.2 Å². The summed E-state index contributed by atoms with van der Waals surface area (Å²) in [5, 5.41) is 28.7. The van der Waals surface area contributed by atoms with Crippen LogP contribution in [0.4, 0.5) is 0 Å². The molecule has 0 heterocycles. The van der Waals surface area contributed by atoms with E-state index in [-0.39, 0.29) is 11.5 Å². The lowest BCUT2D eigenvalue weighted by molar-refractivity contribution is 0.281. The van der Waals surface area contributed by atoms with Gasteiger partial charge in [0.05, 0.1) is 39.5 Å². The third-order valence-corrected chi connectivity index (χ3v) is 17.5. The van der Waals surface area contributed by atoms with Gasteiger partial charge in [0.25, 0.3) is 0 Å². The van der Waals surface area contributed by atoms with Gasteiger partial charge in [-0.3, -0.25) is 9.98 Å². The maximum atomic E-state index is 10.9. The third-order valence-electron chi connectivity index (χ3n) is 17.5. The van der Waals surface area contributed by atoms with E-state index in [1.165, 1.54) is 231 Å². The van der Waals surface area contributed by atoms with Crippen LogP contribution in [0.5, 0.6) is 46.0 Å². The molecule has 0 aliphatic carbocycles. The van der Waals surface area contributed by atoms with Crippen LogP contribution in [0.25, 0.3) is 0 Å². The molecular weight excluding hydrogens is 1170 g/mol. The lowest BCUT2D eigenvalue weighted by atomic mass is 10.1. The Bertz CT molecular complexity index is 2230. The fraction of sp³-hybridized carbons (Fsp3) is 0.683. The number of hydrogen-bond acceptors (Lipinski definition) is 12. The van der Waals surface area contributed by atoms with E-state index >= 15 is 0 Å². The zero-order chi connectivity index (χ0) is 66.7. The van der Waals surface area contributed by atoms with E-state index in [1.807, 2.05) is 36.4 Å². The van der Waals surface area contributed by atoms with Crippen LogP contribution >= 0.6 is 0 Å². The number of aliphatic imine (C=N–C) groups is 2. The Labute approximate surface area is 573 Å². The number of ether oxygens (including phenoxy) is 6. The minimum atomic E-state index is 0.124. The molecule has 0 atom stereocenters. The first-order chi connectivity index (χ1) is 46.4. The Kier molecular flexibility index (Phi) is 49.8. The van der Waals surface area contributed by atoms with Gasteiger partial charge in [-0.05, 0) is 85.3 Å². The van der Waals surface area contributed by atoms with Crippen molar-refractivity contribution < 1.29 is 38.6 Å². The second-order valence-corrected chi connectivity index (χ2v) is 26.3. The molecule has 4 rings (SSSR count).